The van der Waals surface area contributed by atoms with Gasteiger partial charge in [0.25, 0.3) is 0 Å². The van der Waals surface area contributed by atoms with Crippen LogP contribution in [0.1, 0.15) is 16.1 Å². The Morgan fingerprint density at radius 1 is 1.26 bits per heavy atom. The molecule has 1 heterocycles. The zero-order valence-corrected chi connectivity index (χ0v) is 9.72. The molecule has 2 rings (SSSR count). The first-order valence-corrected chi connectivity index (χ1v) is 5.39. The number of hydrogen-bond donors (Lipinski definition) is 0. The molecule has 0 unspecified atom stereocenters. The average Bonchev–Trinajstić information content (AvgIpc) is 2.84. The Morgan fingerprint density at radius 3 is 2.74 bits per heavy atom. The molecular weight excluding hydrogens is 248 g/mol. The molecular formula is C13H9N2O4-. The highest BCUT2D eigenvalue weighted by Crippen LogP contribution is 2.15. The van der Waals surface area contributed by atoms with Gasteiger partial charge in [-0.3, -0.25) is 10.1 Å². The molecule has 0 saturated carbocycles. The van der Waals surface area contributed by atoms with Crippen LogP contribution in [0.15, 0.2) is 48.8 Å². The number of carbonyl (C=O) groups excluding carboxylic acids is 1. The second-order valence-corrected chi connectivity index (χ2v) is 3.74. The van der Waals surface area contributed by atoms with Gasteiger partial charge in [0.15, 0.2) is 0 Å². The first kappa shape index (κ1) is 12.6. The van der Waals surface area contributed by atoms with Crippen molar-refractivity contribution in [1.29, 1.82) is 0 Å². The van der Waals surface area contributed by atoms with Gasteiger partial charge in [0, 0.05) is 18.0 Å². The summed E-state index contributed by atoms with van der Waals surface area (Å²) < 4.78 is 1.65. The molecule has 0 N–H and O–H groups in total. The van der Waals surface area contributed by atoms with Gasteiger partial charge in [-0.25, -0.2) is 0 Å². The van der Waals surface area contributed by atoms with Crippen LogP contribution in [0, 0.1) is 10.1 Å². The lowest BCUT2D eigenvalue weighted by atomic mass is 10.2. The van der Waals surface area contributed by atoms with E-state index in [0.717, 1.165) is 6.20 Å². The zero-order valence-electron chi connectivity index (χ0n) is 9.72. The fraction of sp³-hybridized carbons (Fsp3) is 0. The molecule has 96 valence electrons. The molecule has 0 amide bonds. The van der Waals surface area contributed by atoms with Crippen LogP contribution in [0.25, 0.3) is 11.8 Å². The largest absolute Gasteiger partial charge is 0.545 e. The minimum atomic E-state index is -1.27. The quantitative estimate of drug-likeness (QED) is 0.605. The van der Waals surface area contributed by atoms with Gasteiger partial charge < -0.3 is 14.5 Å². The number of nitrogens with zero attached hydrogens (tertiary/aromatic N) is 2. The van der Waals surface area contributed by atoms with E-state index in [1.54, 1.807) is 35.0 Å². The smallest absolute Gasteiger partial charge is 0.236 e. The third-order valence-corrected chi connectivity index (χ3v) is 2.51. The van der Waals surface area contributed by atoms with Gasteiger partial charge in [0.1, 0.15) is 0 Å². The first-order valence-electron chi connectivity index (χ1n) is 5.39. The van der Waals surface area contributed by atoms with Crippen molar-refractivity contribution in [1.82, 2.24) is 4.57 Å². The van der Waals surface area contributed by atoms with Crippen LogP contribution in [-0.2, 0) is 0 Å². The van der Waals surface area contributed by atoms with Crippen molar-refractivity contribution in [2.45, 2.75) is 0 Å². The van der Waals surface area contributed by atoms with E-state index in [9.17, 15) is 20.0 Å². The fourth-order valence-electron chi connectivity index (χ4n) is 1.69. The van der Waals surface area contributed by atoms with Crippen molar-refractivity contribution < 1.29 is 14.8 Å². The maximum atomic E-state index is 10.8. The molecule has 0 saturated heterocycles. The zero-order chi connectivity index (χ0) is 13.8. The summed E-state index contributed by atoms with van der Waals surface area (Å²) in [6.07, 6.45) is 3.86. The van der Waals surface area contributed by atoms with E-state index in [1.807, 2.05) is 0 Å². The van der Waals surface area contributed by atoms with Gasteiger partial charge in [-0.05, 0) is 29.8 Å². The molecule has 6 nitrogen and oxygen atoms in total. The molecule has 0 aliphatic rings. The second kappa shape index (κ2) is 5.18. The summed E-state index contributed by atoms with van der Waals surface area (Å²) >= 11 is 0. The molecule has 0 radical (unpaired) electrons. The highest BCUT2D eigenvalue weighted by Gasteiger charge is 2.03. The molecule has 1 aromatic carbocycles. The van der Waals surface area contributed by atoms with E-state index in [-0.39, 0.29) is 5.56 Å². The van der Waals surface area contributed by atoms with Crippen molar-refractivity contribution in [3.05, 3.63) is 70.2 Å². The summed E-state index contributed by atoms with van der Waals surface area (Å²) in [5, 5.41) is 21.1. The number of nitro groups is 1. The van der Waals surface area contributed by atoms with Crippen molar-refractivity contribution in [2.24, 2.45) is 0 Å². The summed E-state index contributed by atoms with van der Waals surface area (Å²) in [6, 6.07) is 9.56. The van der Waals surface area contributed by atoms with Crippen LogP contribution < -0.4 is 5.11 Å². The summed E-state index contributed by atoms with van der Waals surface area (Å²) in [5.74, 6) is -1.27. The van der Waals surface area contributed by atoms with Crippen molar-refractivity contribution in [2.75, 3.05) is 0 Å². The molecule has 6 heteroatoms. The van der Waals surface area contributed by atoms with Gasteiger partial charge in [-0.15, -0.1) is 0 Å². The monoisotopic (exact) mass is 257 g/mol. The minimum Gasteiger partial charge on any atom is -0.545 e. The summed E-state index contributed by atoms with van der Waals surface area (Å²) in [6.45, 7) is 0. The minimum absolute atomic E-state index is 0.0513. The molecule has 0 aliphatic carbocycles. The molecule has 0 aliphatic heterocycles. The topological polar surface area (TPSA) is 88.2 Å². The van der Waals surface area contributed by atoms with Gasteiger partial charge in [-0.2, -0.15) is 0 Å². The number of benzene rings is 1. The first-order chi connectivity index (χ1) is 9.08. The molecule has 0 spiro atoms. The summed E-state index contributed by atoms with van der Waals surface area (Å²) in [7, 11) is 0. The van der Waals surface area contributed by atoms with E-state index in [4.69, 9.17) is 0 Å². The Hall–Kier alpha value is -2.89. The molecule has 0 bridgehead atoms. The predicted octanol–water partition coefficient (Wildman–Crippen LogP) is 1.09. The predicted molar refractivity (Wildman–Crippen MR) is 66.1 cm³/mol. The third kappa shape index (κ3) is 2.86. The molecule has 0 atom stereocenters. The number of aromatic nitrogens is 1. The Balaban J connectivity index is 2.42. The van der Waals surface area contributed by atoms with Crippen molar-refractivity contribution in [3.8, 4) is 5.69 Å². The fourth-order valence-corrected chi connectivity index (χ4v) is 1.69. The summed E-state index contributed by atoms with van der Waals surface area (Å²) in [5.41, 5.74) is 1.22. The Kier molecular flexibility index (Phi) is 3.42. The highest BCUT2D eigenvalue weighted by atomic mass is 16.6. The maximum absolute atomic E-state index is 10.8. The van der Waals surface area contributed by atoms with Crippen LogP contribution in [0.2, 0.25) is 0 Å². The Bertz CT molecular complexity index is 658. The van der Waals surface area contributed by atoms with Crippen molar-refractivity contribution >= 4 is 12.0 Å². The van der Waals surface area contributed by atoms with E-state index < -0.39 is 10.9 Å². The standard InChI is InChI=1S/C13H10N2O4/c16-13(17)10-3-1-4-12(9-10)14-7-2-5-11(14)6-8-15(18)19/h1-9H,(H,16,17)/p-1/b8-6-. The van der Waals surface area contributed by atoms with E-state index >= 15 is 0 Å². The average molecular weight is 257 g/mol. The normalized spacial score (nSPS) is 10.7. The van der Waals surface area contributed by atoms with Crippen LogP contribution in [0.3, 0.4) is 0 Å². The van der Waals surface area contributed by atoms with E-state index in [1.165, 1.54) is 18.2 Å². The third-order valence-electron chi connectivity index (χ3n) is 2.51. The molecule has 0 fully saturated rings. The van der Waals surface area contributed by atoms with Gasteiger partial charge in [0.05, 0.1) is 16.6 Å². The second-order valence-electron chi connectivity index (χ2n) is 3.74. The Morgan fingerprint density at radius 2 is 2.05 bits per heavy atom. The summed E-state index contributed by atoms with van der Waals surface area (Å²) in [4.78, 5) is 20.5. The van der Waals surface area contributed by atoms with Crippen LogP contribution in [0.4, 0.5) is 0 Å². The van der Waals surface area contributed by atoms with Crippen LogP contribution >= 0.6 is 0 Å². The Labute approximate surface area is 108 Å². The lowest BCUT2D eigenvalue weighted by Crippen LogP contribution is -2.22. The highest BCUT2D eigenvalue weighted by molar-refractivity contribution is 5.86. The SMILES string of the molecule is O=C([O-])c1cccc(-n2cccc2/C=C\[N+](=O)[O-])c1. The van der Waals surface area contributed by atoms with Crippen LogP contribution in [0.5, 0.6) is 0 Å². The number of carboxylic acids is 1. The van der Waals surface area contributed by atoms with Crippen LogP contribution in [-0.4, -0.2) is 15.5 Å². The lowest BCUT2D eigenvalue weighted by molar-refractivity contribution is -0.401. The number of rotatable bonds is 4. The number of hydrogen-bond acceptors (Lipinski definition) is 4. The number of carbonyl (C=O) groups is 1. The maximum Gasteiger partial charge on any atom is 0.236 e. The van der Waals surface area contributed by atoms with Crippen molar-refractivity contribution in [3.63, 3.8) is 0 Å². The van der Waals surface area contributed by atoms with Gasteiger partial charge in [-0.1, -0.05) is 12.1 Å². The number of carboxylic acid groups (broad SMARTS) is 1. The molecule has 1 aromatic heterocycles. The molecule has 2 aromatic rings. The van der Waals surface area contributed by atoms with E-state index in [2.05, 4.69) is 0 Å². The van der Waals surface area contributed by atoms with Gasteiger partial charge >= 0.3 is 0 Å². The van der Waals surface area contributed by atoms with E-state index in [0.29, 0.717) is 11.4 Å². The lowest BCUT2D eigenvalue weighted by Gasteiger charge is -2.09. The molecule has 19 heavy (non-hydrogen) atoms. The van der Waals surface area contributed by atoms with Gasteiger partial charge in [0.2, 0.25) is 6.20 Å². The number of aromatic carboxylic acids is 1.